The largest absolute Gasteiger partial charge is 0.508 e. The predicted molar refractivity (Wildman–Crippen MR) is 88.0 cm³/mol. The lowest BCUT2D eigenvalue weighted by Gasteiger charge is -2.28. The molecule has 24 heavy (non-hydrogen) atoms. The minimum Gasteiger partial charge on any atom is -0.508 e. The number of hydrogen-bond donors (Lipinski definition) is 1. The van der Waals surface area contributed by atoms with Gasteiger partial charge in [0.2, 0.25) is 0 Å². The zero-order chi connectivity index (χ0) is 17.7. The molecule has 0 bridgehead atoms. The van der Waals surface area contributed by atoms with Crippen molar-refractivity contribution in [2.45, 2.75) is 19.8 Å². The Balaban J connectivity index is 2.50. The van der Waals surface area contributed by atoms with Crippen LogP contribution in [0.15, 0.2) is 47.8 Å². The molecule has 0 atom stereocenters. The highest BCUT2D eigenvalue weighted by molar-refractivity contribution is 5.98. The molecule has 1 aliphatic heterocycles. The Morgan fingerprint density at radius 2 is 1.46 bits per heavy atom. The van der Waals surface area contributed by atoms with Crippen LogP contribution in [-0.4, -0.2) is 42.2 Å². The van der Waals surface area contributed by atoms with Crippen molar-refractivity contribution < 1.29 is 24.2 Å². The van der Waals surface area contributed by atoms with Gasteiger partial charge >= 0.3 is 11.9 Å². The van der Waals surface area contributed by atoms with Gasteiger partial charge < -0.3 is 19.5 Å². The van der Waals surface area contributed by atoms with Gasteiger partial charge in [-0.25, -0.2) is 9.59 Å². The van der Waals surface area contributed by atoms with Gasteiger partial charge in [-0.15, -0.1) is 0 Å². The lowest BCUT2D eigenvalue weighted by Crippen LogP contribution is -2.28. The van der Waals surface area contributed by atoms with Gasteiger partial charge in [-0.3, -0.25) is 0 Å². The van der Waals surface area contributed by atoms with Crippen molar-refractivity contribution in [1.82, 2.24) is 4.90 Å². The SMILES string of the molecule is CCOC(=O)C1=CN(C)C=C(C(=O)OCC)C1c1ccc(O)cc1. The molecule has 0 spiro atoms. The molecule has 1 aromatic rings. The monoisotopic (exact) mass is 331 g/mol. The smallest absolute Gasteiger partial charge is 0.336 e. The van der Waals surface area contributed by atoms with E-state index in [9.17, 15) is 14.7 Å². The summed E-state index contributed by atoms with van der Waals surface area (Å²) in [5.74, 6) is -1.48. The van der Waals surface area contributed by atoms with E-state index in [2.05, 4.69) is 0 Å². The van der Waals surface area contributed by atoms with Crippen molar-refractivity contribution in [3.05, 3.63) is 53.4 Å². The van der Waals surface area contributed by atoms with Gasteiger partial charge in [-0.05, 0) is 31.5 Å². The Bertz CT molecular complexity index is 639. The summed E-state index contributed by atoms with van der Waals surface area (Å²) in [6.07, 6.45) is 3.27. The van der Waals surface area contributed by atoms with Gasteiger partial charge in [0.1, 0.15) is 5.75 Å². The average Bonchev–Trinajstić information content (AvgIpc) is 2.55. The molecule has 128 valence electrons. The third-order valence-corrected chi connectivity index (χ3v) is 3.56. The summed E-state index contributed by atoms with van der Waals surface area (Å²) < 4.78 is 10.3. The Morgan fingerprint density at radius 3 is 1.88 bits per heavy atom. The number of benzene rings is 1. The predicted octanol–water partition coefficient (Wildman–Crippen LogP) is 2.32. The summed E-state index contributed by atoms with van der Waals surface area (Å²) in [5.41, 5.74) is 1.38. The standard InChI is InChI=1S/C18H21NO5/c1-4-23-17(21)14-10-19(3)11-15(18(22)24-5-2)16(14)12-6-8-13(20)9-7-12/h6-11,16,20H,4-5H2,1-3H3. The Kier molecular flexibility index (Phi) is 5.63. The zero-order valence-corrected chi connectivity index (χ0v) is 14.0. The molecule has 0 amide bonds. The molecule has 1 N–H and O–H groups in total. The van der Waals surface area contributed by atoms with Gasteiger partial charge in [0.25, 0.3) is 0 Å². The molecule has 6 heteroatoms. The third kappa shape index (κ3) is 3.76. The van der Waals surface area contributed by atoms with E-state index >= 15 is 0 Å². The van der Waals surface area contributed by atoms with Crippen molar-refractivity contribution in [1.29, 1.82) is 0 Å². The van der Waals surface area contributed by atoms with Crippen LogP contribution in [0.2, 0.25) is 0 Å². The first kappa shape index (κ1) is 17.6. The maximum Gasteiger partial charge on any atom is 0.336 e. The summed E-state index contributed by atoms with van der Waals surface area (Å²) in [4.78, 5) is 26.4. The molecule has 0 unspecified atom stereocenters. The fourth-order valence-electron chi connectivity index (χ4n) is 2.59. The van der Waals surface area contributed by atoms with Gasteiger partial charge in [0.15, 0.2) is 0 Å². The second-order valence-corrected chi connectivity index (χ2v) is 5.30. The zero-order valence-electron chi connectivity index (χ0n) is 14.0. The highest BCUT2D eigenvalue weighted by Crippen LogP contribution is 2.37. The molecule has 6 nitrogen and oxygen atoms in total. The molecule has 0 aliphatic carbocycles. The Hall–Kier alpha value is -2.76. The molecule has 2 rings (SSSR count). The highest BCUT2D eigenvalue weighted by Gasteiger charge is 2.34. The van der Waals surface area contributed by atoms with Crippen LogP contribution < -0.4 is 0 Å². The van der Waals surface area contributed by atoms with E-state index in [0.29, 0.717) is 16.7 Å². The number of phenols is 1. The molecule has 0 fully saturated rings. The molecular formula is C18H21NO5. The quantitative estimate of drug-likeness (QED) is 0.835. The van der Waals surface area contributed by atoms with Crippen LogP contribution in [0, 0.1) is 0 Å². The topological polar surface area (TPSA) is 76.1 Å². The van der Waals surface area contributed by atoms with Crippen molar-refractivity contribution in [2.24, 2.45) is 0 Å². The number of carbonyl (C=O) groups excluding carboxylic acids is 2. The summed E-state index contributed by atoms with van der Waals surface area (Å²) in [6.45, 7) is 3.92. The van der Waals surface area contributed by atoms with E-state index in [4.69, 9.17) is 9.47 Å². The molecule has 1 aromatic carbocycles. The lowest BCUT2D eigenvalue weighted by molar-refractivity contribution is -0.139. The first-order valence-corrected chi connectivity index (χ1v) is 7.76. The number of nitrogens with zero attached hydrogens (tertiary/aromatic N) is 1. The summed E-state index contributed by atoms with van der Waals surface area (Å²) in [6, 6.07) is 6.37. The van der Waals surface area contributed by atoms with Crippen molar-refractivity contribution in [2.75, 3.05) is 20.3 Å². The fourth-order valence-corrected chi connectivity index (χ4v) is 2.59. The Labute approximate surface area is 141 Å². The number of ether oxygens (including phenoxy) is 2. The Morgan fingerprint density at radius 1 is 1.00 bits per heavy atom. The first-order valence-electron chi connectivity index (χ1n) is 7.76. The van der Waals surface area contributed by atoms with Crippen LogP contribution >= 0.6 is 0 Å². The lowest BCUT2D eigenvalue weighted by atomic mass is 9.83. The third-order valence-electron chi connectivity index (χ3n) is 3.56. The van der Waals surface area contributed by atoms with E-state index in [1.54, 1.807) is 50.3 Å². The normalized spacial score (nSPS) is 14.7. The minimum absolute atomic E-state index is 0.106. The molecule has 1 heterocycles. The summed E-state index contributed by atoms with van der Waals surface area (Å²) in [5, 5.41) is 9.50. The van der Waals surface area contributed by atoms with Gasteiger partial charge in [-0.1, -0.05) is 12.1 Å². The second kappa shape index (κ2) is 7.68. The van der Waals surface area contributed by atoms with Crippen LogP contribution in [0.1, 0.15) is 25.3 Å². The molecule has 1 aliphatic rings. The van der Waals surface area contributed by atoms with Gasteiger partial charge in [0, 0.05) is 19.4 Å². The number of esters is 2. The second-order valence-electron chi connectivity index (χ2n) is 5.30. The van der Waals surface area contributed by atoms with Crippen LogP contribution in [-0.2, 0) is 19.1 Å². The van der Waals surface area contributed by atoms with Crippen LogP contribution in [0.3, 0.4) is 0 Å². The van der Waals surface area contributed by atoms with Crippen molar-refractivity contribution >= 4 is 11.9 Å². The number of aromatic hydroxyl groups is 1. The van der Waals surface area contributed by atoms with E-state index in [0.717, 1.165) is 0 Å². The molecule has 0 aromatic heterocycles. The number of hydrogen-bond acceptors (Lipinski definition) is 6. The number of carbonyl (C=O) groups is 2. The summed E-state index contributed by atoms with van der Waals surface area (Å²) in [7, 11) is 1.73. The van der Waals surface area contributed by atoms with Crippen molar-refractivity contribution in [3.63, 3.8) is 0 Å². The molecule has 0 saturated carbocycles. The maximum absolute atomic E-state index is 12.4. The van der Waals surface area contributed by atoms with E-state index in [-0.39, 0.29) is 19.0 Å². The van der Waals surface area contributed by atoms with Gasteiger partial charge in [0.05, 0.1) is 30.3 Å². The fraction of sp³-hybridized carbons (Fsp3) is 0.333. The first-order chi connectivity index (χ1) is 11.5. The van der Waals surface area contributed by atoms with Crippen LogP contribution in [0.5, 0.6) is 5.75 Å². The molecule has 0 radical (unpaired) electrons. The van der Waals surface area contributed by atoms with Gasteiger partial charge in [-0.2, -0.15) is 0 Å². The van der Waals surface area contributed by atoms with Crippen LogP contribution in [0.4, 0.5) is 0 Å². The maximum atomic E-state index is 12.4. The number of rotatable bonds is 5. The number of phenolic OH excluding ortho intramolecular Hbond substituents is 1. The van der Waals surface area contributed by atoms with Crippen molar-refractivity contribution in [3.8, 4) is 5.75 Å². The minimum atomic E-state index is -0.611. The molecular weight excluding hydrogens is 310 g/mol. The van der Waals surface area contributed by atoms with E-state index in [1.165, 1.54) is 12.1 Å². The summed E-state index contributed by atoms with van der Waals surface area (Å²) >= 11 is 0. The highest BCUT2D eigenvalue weighted by atomic mass is 16.5. The molecule has 0 saturated heterocycles. The average molecular weight is 331 g/mol. The van der Waals surface area contributed by atoms with E-state index in [1.807, 2.05) is 0 Å². The van der Waals surface area contributed by atoms with Crippen LogP contribution in [0.25, 0.3) is 0 Å². The van der Waals surface area contributed by atoms with E-state index < -0.39 is 17.9 Å².